The molecule has 1 aliphatic rings. The molecular weight excluding hydrogens is 210 g/mol. The Morgan fingerprint density at radius 1 is 1.50 bits per heavy atom. The van der Waals surface area contributed by atoms with Crippen LogP contribution in [0.1, 0.15) is 27.2 Å². The zero-order valence-electron chi connectivity index (χ0n) is 10.2. The molecule has 0 saturated carbocycles. The maximum absolute atomic E-state index is 11.4. The summed E-state index contributed by atoms with van der Waals surface area (Å²) in [6.07, 6.45) is 0.222. The van der Waals surface area contributed by atoms with Crippen molar-refractivity contribution in [2.24, 2.45) is 5.41 Å². The summed E-state index contributed by atoms with van der Waals surface area (Å²) in [5.74, 6) is 0. The summed E-state index contributed by atoms with van der Waals surface area (Å²) in [7, 11) is 0. The summed E-state index contributed by atoms with van der Waals surface area (Å²) in [5, 5.41) is 11.6. The predicted octanol–water partition coefficient (Wildman–Crippen LogP) is 0.910. The third-order valence-corrected chi connectivity index (χ3v) is 2.47. The number of hydrogen-bond donors (Lipinski definition) is 2. The Kier molecular flexibility index (Phi) is 4.15. The first-order valence-corrected chi connectivity index (χ1v) is 5.52. The van der Waals surface area contributed by atoms with Crippen LogP contribution < -0.4 is 5.32 Å². The fourth-order valence-corrected chi connectivity index (χ4v) is 1.54. The molecule has 0 aromatic carbocycles. The number of aliphatic hydroxyl groups is 1. The van der Waals surface area contributed by atoms with Crippen molar-refractivity contribution < 1.29 is 19.4 Å². The van der Waals surface area contributed by atoms with Gasteiger partial charge in [-0.05, 0) is 27.2 Å². The van der Waals surface area contributed by atoms with Gasteiger partial charge in [0.05, 0.1) is 13.2 Å². The van der Waals surface area contributed by atoms with E-state index < -0.39 is 11.7 Å². The van der Waals surface area contributed by atoms with E-state index in [1.165, 1.54) is 0 Å². The molecule has 1 saturated heterocycles. The SMILES string of the molecule is CC(C)(C)OC(=O)NCC1(CCO)COC1. The zero-order valence-corrected chi connectivity index (χ0v) is 10.2. The first kappa shape index (κ1) is 13.3. The normalized spacial score (nSPS) is 18.8. The maximum Gasteiger partial charge on any atom is 0.407 e. The molecule has 0 radical (unpaired) electrons. The van der Waals surface area contributed by atoms with Crippen molar-refractivity contribution in [1.82, 2.24) is 5.32 Å². The van der Waals surface area contributed by atoms with Crippen LogP contribution in [0, 0.1) is 5.41 Å². The topological polar surface area (TPSA) is 67.8 Å². The van der Waals surface area contributed by atoms with Gasteiger partial charge < -0.3 is 19.9 Å². The van der Waals surface area contributed by atoms with Crippen LogP contribution in [0.4, 0.5) is 4.79 Å². The van der Waals surface area contributed by atoms with Gasteiger partial charge in [-0.2, -0.15) is 0 Å². The predicted molar refractivity (Wildman–Crippen MR) is 59.2 cm³/mol. The van der Waals surface area contributed by atoms with Crippen LogP contribution in [0.15, 0.2) is 0 Å². The number of rotatable bonds is 4. The van der Waals surface area contributed by atoms with Crippen molar-refractivity contribution in [3.63, 3.8) is 0 Å². The Bertz CT molecular complexity index is 243. The van der Waals surface area contributed by atoms with Gasteiger partial charge >= 0.3 is 6.09 Å². The van der Waals surface area contributed by atoms with Gasteiger partial charge in [0, 0.05) is 18.6 Å². The van der Waals surface area contributed by atoms with Crippen molar-refractivity contribution in [1.29, 1.82) is 0 Å². The Balaban J connectivity index is 2.30. The average molecular weight is 231 g/mol. The summed E-state index contributed by atoms with van der Waals surface area (Å²) < 4.78 is 10.2. The second-order valence-electron chi connectivity index (χ2n) is 5.32. The number of carbonyl (C=O) groups excluding carboxylic acids is 1. The molecule has 1 aliphatic heterocycles. The molecule has 0 unspecified atom stereocenters. The minimum atomic E-state index is -0.482. The zero-order chi connectivity index (χ0) is 12.2. The van der Waals surface area contributed by atoms with Gasteiger partial charge in [0.1, 0.15) is 5.60 Å². The molecule has 1 rings (SSSR count). The van der Waals surface area contributed by atoms with Crippen molar-refractivity contribution in [2.45, 2.75) is 32.8 Å². The Labute approximate surface area is 96.1 Å². The molecule has 1 fully saturated rings. The smallest absolute Gasteiger partial charge is 0.407 e. The van der Waals surface area contributed by atoms with Crippen LogP contribution >= 0.6 is 0 Å². The summed E-state index contributed by atoms with van der Waals surface area (Å²) in [6.45, 7) is 7.24. The lowest BCUT2D eigenvalue weighted by molar-refractivity contribution is -0.120. The summed E-state index contributed by atoms with van der Waals surface area (Å²) in [5.41, 5.74) is -0.587. The van der Waals surface area contributed by atoms with Gasteiger partial charge in [0.15, 0.2) is 0 Å². The van der Waals surface area contributed by atoms with Gasteiger partial charge in [-0.1, -0.05) is 0 Å². The third-order valence-electron chi connectivity index (χ3n) is 2.47. The highest BCUT2D eigenvalue weighted by Gasteiger charge is 2.38. The monoisotopic (exact) mass is 231 g/mol. The van der Waals surface area contributed by atoms with E-state index in [9.17, 15) is 4.79 Å². The standard InChI is InChI=1S/C11H21NO4/c1-10(2,3)16-9(14)12-6-11(4-5-13)7-15-8-11/h13H,4-8H2,1-3H3,(H,12,14). The minimum absolute atomic E-state index is 0.106. The van der Waals surface area contributed by atoms with Gasteiger partial charge in [-0.3, -0.25) is 0 Å². The highest BCUT2D eigenvalue weighted by molar-refractivity contribution is 5.67. The van der Waals surface area contributed by atoms with E-state index in [-0.39, 0.29) is 12.0 Å². The van der Waals surface area contributed by atoms with Crippen LogP contribution in [-0.4, -0.2) is 43.2 Å². The first-order valence-electron chi connectivity index (χ1n) is 5.52. The lowest BCUT2D eigenvalue weighted by Gasteiger charge is -2.41. The molecule has 0 aromatic rings. The number of ether oxygens (including phenoxy) is 2. The van der Waals surface area contributed by atoms with Crippen LogP contribution in [0.2, 0.25) is 0 Å². The van der Waals surface area contributed by atoms with Gasteiger partial charge in [0.25, 0.3) is 0 Å². The fourth-order valence-electron chi connectivity index (χ4n) is 1.54. The Hall–Kier alpha value is -0.810. The third kappa shape index (κ3) is 3.98. The van der Waals surface area contributed by atoms with Crippen LogP contribution in [0.25, 0.3) is 0 Å². The second kappa shape index (κ2) is 5.01. The number of aliphatic hydroxyl groups excluding tert-OH is 1. The second-order valence-corrected chi connectivity index (χ2v) is 5.32. The average Bonchev–Trinajstić information content (AvgIpc) is 2.06. The number of alkyl carbamates (subject to hydrolysis) is 1. The van der Waals surface area contributed by atoms with Gasteiger partial charge in [-0.15, -0.1) is 0 Å². The van der Waals surface area contributed by atoms with Crippen molar-refractivity contribution in [3.05, 3.63) is 0 Å². The molecule has 5 heteroatoms. The lowest BCUT2D eigenvalue weighted by Crippen LogP contribution is -2.51. The van der Waals surface area contributed by atoms with E-state index in [2.05, 4.69) is 5.32 Å². The molecule has 1 amide bonds. The first-order chi connectivity index (χ1) is 7.37. The molecule has 1 heterocycles. The lowest BCUT2D eigenvalue weighted by atomic mass is 9.83. The van der Waals surface area contributed by atoms with Gasteiger partial charge in [0.2, 0.25) is 0 Å². The van der Waals surface area contributed by atoms with Crippen molar-refractivity contribution in [3.8, 4) is 0 Å². The molecule has 0 spiro atoms. The summed E-state index contributed by atoms with van der Waals surface area (Å²) in [4.78, 5) is 11.4. The molecule has 16 heavy (non-hydrogen) atoms. The van der Waals surface area contributed by atoms with E-state index >= 15 is 0 Å². The van der Waals surface area contributed by atoms with E-state index in [1.54, 1.807) is 0 Å². The Morgan fingerprint density at radius 3 is 2.50 bits per heavy atom. The number of hydrogen-bond acceptors (Lipinski definition) is 4. The quantitative estimate of drug-likeness (QED) is 0.754. The minimum Gasteiger partial charge on any atom is -0.444 e. The van der Waals surface area contributed by atoms with E-state index in [0.29, 0.717) is 26.2 Å². The molecule has 0 atom stereocenters. The molecule has 0 aliphatic carbocycles. The van der Waals surface area contributed by atoms with Crippen LogP contribution in [-0.2, 0) is 9.47 Å². The van der Waals surface area contributed by atoms with E-state index in [1.807, 2.05) is 20.8 Å². The molecule has 5 nitrogen and oxygen atoms in total. The largest absolute Gasteiger partial charge is 0.444 e. The number of amides is 1. The van der Waals surface area contributed by atoms with Crippen LogP contribution in [0.5, 0.6) is 0 Å². The summed E-state index contributed by atoms with van der Waals surface area (Å²) >= 11 is 0. The van der Waals surface area contributed by atoms with E-state index in [4.69, 9.17) is 14.6 Å². The van der Waals surface area contributed by atoms with Crippen molar-refractivity contribution >= 4 is 6.09 Å². The maximum atomic E-state index is 11.4. The molecule has 94 valence electrons. The van der Waals surface area contributed by atoms with E-state index in [0.717, 1.165) is 0 Å². The molecule has 2 N–H and O–H groups in total. The molecule has 0 aromatic heterocycles. The molecule has 0 bridgehead atoms. The summed E-state index contributed by atoms with van der Waals surface area (Å²) in [6, 6.07) is 0. The highest BCUT2D eigenvalue weighted by atomic mass is 16.6. The van der Waals surface area contributed by atoms with Gasteiger partial charge in [-0.25, -0.2) is 4.79 Å². The Morgan fingerprint density at radius 2 is 2.12 bits per heavy atom. The highest BCUT2D eigenvalue weighted by Crippen LogP contribution is 2.30. The fraction of sp³-hybridized carbons (Fsp3) is 0.909. The number of nitrogens with one attached hydrogen (secondary N) is 1. The van der Waals surface area contributed by atoms with Crippen LogP contribution in [0.3, 0.4) is 0 Å². The molecular formula is C11H21NO4. The number of carbonyl (C=O) groups is 1. The van der Waals surface area contributed by atoms with Crippen molar-refractivity contribution in [2.75, 3.05) is 26.4 Å².